The lowest BCUT2D eigenvalue weighted by Gasteiger charge is -2.06. The van der Waals surface area contributed by atoms with Gasteiger partial charge in [0.05, 0.1) is 11.4 Å². The van der Waals surface area contributed by atoms with E-state index in [0.717, 1.165) is 11.4 Å². The number of carboxylic acids is 1. The summed E-state index contributed by atoms with van der Waals surface area (Å²) in [7, 11) is 0. The molecule has 100 valence electrons. The van der Waals surface area contributed by atoms with Gasteiger partial charge in [0.25, 0.3) is 0 Å². The molecular weight excluding hydrogens is 272 g/mol. The highest BCUT2D eigenvalue weighted by Gasteiger charge is 2.14. The fourth-order valence-electron chi connectivity index (χ4n) is 2.03. The summed E-state index contributed by atoms with van der Waals surface area (Å²) in [6.45, 7) is 0. The molecule has 0 saturated heterocycles. The van der Waals surface area contributed by atoms with Gasteiger partial charge in [0, 0.05) is 11.3 Å². The molecule has 1 N–H and O–H groups in total. The second kappa shape index (κ2) is 5.30. The average Bonchev–Trinajstić information content (AvgIpc) is 3.10. The molecule has 2 heterocycles. The molecule has 0 radical (unpaired) electrons. The normalized spacial score (nSPS) is 10.6. The van der Waals surface area contributed by atoms with E-state index in [0.29, 0.717) is 6.42 Å². The zero-order valence-electron chi connectivity index (χ0n) is 10.6. The summed E-state index contributed by atoms with van der Waals surface area (Å²) < 4.78 is 1.70. The predicted molar refractivity (Wildman–Crippen MR) is 77.6 cm³/mol. The van der Waals surface area contributed by atoms with E-state index in [9.17, 15) is 4.79 Å². The predicted octanol–water partition coefficient (Wildman–Crippen LogP) is 3.22. The van der Waals surface area contributed by atoms with Gasteiger partial charge in [-0.3, -0.25) is 0 Å². The number of aromatic nitrogens is 2. The number of hydrogen-bond donors (Lipinski definition) is 1. The summed E-state index contributed by atoms with van der Waals surface area (Å²) in [6.07, 6.45) is 0.673. The Hall–Kier alpha value is -2.40. The Morgan fingerprint density at radius 1 is 1.20 bits per heavy atom. The maximum atomic E-state index is 11.1. The van der Waals surface area contributed by atoms with Gasteiger partial charge in [-0.1, -0.05) is 24.3 Å². The minimum Gasteiger partial charge on any atom is -0.476 e. The molecule has 2 aromatic heterocycles. The smallest absolute Gasteiger partial charge is 0.356 e. The average molecular weight is 284 g/mol. The lowest BCUT2D eigenvalue weighted by atomic mass is 10.2. The van der Waals surface area contributed by atoms with E-state index in [4.69, 9.17) is 5.11 Å². The van der Waals surface area contributed by atoms with Gasteiger partial charge in [-0.2, -0.15) is 5.10 Å². The van der Waals surface area contributed by atoms with Crippen molar-refractivity contribution >= 4 is 17.3 Å². The Kier molecular flexibility index (Phi) is 3.35. The first kappa shape index (κ1) is 12.6. The van der Waals surface area contributed by atoms with Crippen LogP contribution in [0.2, 0.25) is 0 Å². The number of thiophene rings is 1. The maximum absolute atomic E-state index is 11.1. The summed E-state index contributed by atoms with van der Waals surface area (Å²) in [5.74, 6) is -1.01. The first-order valence-corrected chi connectivity index (χ1v) is 7.02. The molecule has 1 aromatic carbocycles. The fraction of sp³-hybridized carbons (Fsp3) is 0.0667. The van der Waals surface area contributed by atoms with Crippen molar-refractivity contribution in [1.29, 1.82) is 0 Å². The molecule has 0 aliphatic heterocycles. The number of carbonyl (C=O) groups is 1. The first-order chi connectivity index (χ1) is 9.74. The molecule has 0 amide bonds. The van der Waals surface area contributed by atoms with E-state index in [1.54, 1.807) is 22.1 Å². The standard InChI is InChI=1S/C15H12N2O2S/c18-15(19)14-10-12(9-13-7-4-8-20-13)17(16-14)11-5-2-1-3-6-11/h1-8,10H,9H2,(H,18,19). The minimum absolute atomic E-state index is 0.0698. The van der Waals surface area contributed by atoms with Crippen molar-refractivity contribution in [3.05, 3.63) is 70.2 Å². The number of nitrogens with zero attached hydrogens (tertiary/aromatic N) is 2. The number of carboxylic acid groups (broad SMARTS) is 1. The molecule has 0 unspecified atom stereocenters. The quantitative estimate of drug-likeness (QED) is 0.800. The molecule has 3 rings (SSSR count). The molecular formula is C15H12N2O2S. The Morgan fingerprint density at radius 2 is 2.00 bits per heavy atom. The molecule has 0 saturated carbocycles. The summed E-state index contributed by atoms with van der Waals surface area (Å²) >= 11 is 1.65. The minimum atomic E-state index is -1.01. The first-order valence-electron chi connectivity index (χ1n) is 6.14. The Labute approximate surface area is 119 Å². The second-order valence-corrected chi connectivity index (χ2v) is 5.36. The summed E-state index contributed by atoms with van der Waals surface area (Å²) in [6, 6.07) is 15.2. The van der Waals surface area contributed by atoms with Gasteiger partial charge in [-0.15, -0.1) is 11.3 Å². The van der Waals surface area contributed by atoms with Gasteiger partial charge in [0.15, 0.2) is 5.69 Å². The number of rotatable bonds is 4. The number of hydrogen-bond acceptors (Lipinski definition) is 3. The van der Waals surface area contributed by atoms with Gasteiger partial charge in [0.2, 0.25) is 0 Å². The van der Waals surface area contributed by atoms with Gasteiger partial charge >= 0.3 is 5.97 Å². The van der Waals surface area contributed by atoms with Crippen LogP contribution in [-0.4, -0.2) is 20.9 Å². The third-order valence-corrected chi connectivity index (χ3v) is 3.81. The SMILES string of the molecule is O=C(O)c1cc(Cc2cccs2)n(-c2ccccc2)n1. The molecule has 3 aromatic rings. The molecule has 0 atom stereocenters. The molecule has 0 fully saturated rings. The van der Waals surface area contributed by atoms with Crippen LogP contribution in [0.3, 0.4) is 0 Å². The van der Waals surface area contributed by atoms with Crippen molar-refractivity contribution in [2.45, 2.75) is 6.42 Å². The lowest BCUT2D eigenvalue weighted by Crippen LogP contribution is -2.03. The molecule has 0 aliphatic carbocycles. The zero-order valence-corrected chi connectivity index (χ0v) is 11.4. The van der Waals surface area contributed by atoms with E-state index in [1.807, 2.05) is 47.8 Å². The van der Waals surface area contributed by atoms with Crippen LogP contribution in [-0.2, 0) is 6.42 Å². The van der Waals surface area contributed by atoms with Crippen molar-refractivity contribution in [2.75, 3.05) is 0 Å². The topological polar surface area (TPSA) is 55.1 Å². The van der Waals surface area contributed by atoms with Crippen molar-refractivity contribution in [3.63, 3.8) is 0 Å². The molecule has 0 bridgehead atoms. The van der Waals surface area contributed by atoms with Crippen LogP contribution >= 0.6 is 11.3 Å². The van der Waals surface area contributed by atoms with Crippen LogP contribution < -0.4 is 0 Å². The van der Waals surface area contributed by atoms with E-state index < -0.39 is 5.97 Å². The fourth-order valence-corrected chi connectivity index (χ4v) is 2.75. The molecule has 5 heteroatoms. The third kappa shape index (κ3) is 2.48. The summed E-state index contributed by atoms with van der Waals surface area (Å²) in [4.78, 5) is 12.3. The van der Waals surface area contributed by atoms with E-state index in [-0.39, 0.29) is 5.69 Å². The van der Waals surface area contributed by atoms with Crippen LogP contribution in [0.15, 0.2) is 53.9 Å². The van der Waals surface area contributed by atoms with Crippen LogP contribution in [0.4, 0.5) is 0 Å². The van der Waals surface area contributed by atoms with Gasteiger partial charge in [0.1, 0.15) is 0 Å². The number of benzene rings is 1. The van der Waals surface area contributed by atoms with Crippen molar-refractivity contribution in [3.8, 4) is 5.69 Å². The van der Waals surface area contributed by atoms with Gasteiger partial charge in [-0.25, -0.2) is 9.48 Å². The highest BCUT2D eigenvalue weighted by molar-refractivity contribution is 7.09. The maximum Gasteiger partial charge on any atom is 0.356 e. The molecule has 0 aliphatic rings. The van der Waals surface area contributed by atoms with Gasteiger partial charge < -0.3 is 5.11 Å². The Bertz CT molecular complexity index is 718. The monoisotopic (exact) mass is 284 g/mol. The van der Waals surface area contributed by atoms with Crippen LogP contribution in [0.5, 0.6) is 0 Å². The zero-order chi connectivity index (χ0) is 13.9. The second-order valence-electron chi connectivity index (χ2n) is 4.33. The van der Waals surface area contributed by atoms with Crippen LogP contribution in [0.25, 0.3) is 5.69 Å². The number of para-hydroxylation sites is 1. The van der Waals surface area contributed by atoms with Gasteiger partial charge in [-0.05, 0) is 29.6 Å². The Morgan fingerprint density at radius 3 is 2.65 bits per heavy atom. The van der Waals surface area contributed by atoms with E-state index in [2.05, 4.69) is 5.10 Å². The molecule has 4 nitrogen and oxygen atoms in total. The number of aromatic carboxylic acids is 1. The van der Waals surface area contributed by atoms with Crippen LogP contribution in [0.1, 0.15) is 21.1 Å². The molecule has 20 heavy (non-hydrogen) atoms. The van der Waals surface area contributed by atoms with Crippen molar-refractivity contribution < 1.29 is 9.90 Å². The van der Waals surface area contributed by atoms with Crippen molar-refractivity contribution in [2.24, 2.45) is 0 Å². The highest BCUT2D eigenvalue weighted by atomic mass is 32.1. The van der Waals surface area contributed by atoms with Crippen LogP contribution in [0, 0.1) is 0 Å². The Balaban J connectivity index is 2.05. The van der Waals surface area contributed by atoms with E-state index in [1.165, 1.54) is 4.88 Å². The third-order valence-electron chi connectivity index (χ3n) is 2.94. The molecule has 0 spiro atoms. The van der Waals surface area contributed by atoms with Crippen molar-refractivity contribution in [1.82, 2.24) is 9.78 Å². The lowest BCUT2D eigenvalue weighted by molar-refractivity contribution is 0.0690. The van der Waals surface area contributed by atoms with E-state index >= 15 is 0 Å². The largest absolute Gasteiger partial charge is 0.476 e. The highest BCUT2D eigenvalue weighted by Crippen LogP contribution is 2.19. The summed E-state index contributed by atoms with van der Waals surface area (Å²) in [5.41, 5.74) is 1.81. The summed E-state index contributed by atoms with van der Waals surface area (Å²) in [5, 5.41) is 15.3.